The van der Waals surface area contributed by atoms with Crippen LogP contribution in [0.2, 0.25) is 0 Å². The van der Waals surface area contributed by atoms with E-state index >= 15 is 0 Å². The first-order valence-corrected chi connectivity index (χ1v) is 18.9. The fourth-order valence-corrected chi connectivity index (χ4v) is 6.88. The molecule has 6 atom stereocenters. The number of nitrogen functional groups attached to an aromatic ring is 1. The van der Waals surface area contributed by atoms with E-state index in [4.69, 9.17) is 33.7 Å². The Hall–Kier alpha value is -4.55. The second-order valence-electron chi connectivity index (χ2n) is 14.7. The SMILES string of the molecule is CC(C)OC(=O)[C@H](C)NP(=O)(OC[C@H]1O[C@@](C#N)(c2ccc3c(N)ncnn23)[C@H](OC(=O)C(C)C)[C@@H]1OC(=O)C(C)C)Oc1ccc(C(C)(C)C)cc1. The predicted molar refractivity (Wildman–Crippen MR) is 192 cm³/mol. The van der Waals surface area contributed by atoms with Crippen molar-refractivity contribution in [1.82, 2.24) is 19.7 Å². The summed E-state index contributed by atoms with van der Waals surface area (Å²) >= 11 is 0. The van der Waals surface area contributed by atoms with Gasteiger partial charge in [-0.1, -0.05) is 60.6 Å². The zero-order valence-corrected chi connectivity index (χ0v) is 32.6. The zero-order valence-electron chi connectivity index (χ0n) is 31.7. The highest BCUT2D eigenvalue weighted by atomic mass is 31.2. The van der Waals surface area contributed by atoms with Crippen molar-refractivity contribution < 1.29 is 46.9 Å². The maximum Gasteiger partial charge on any atom is 0.459 e. The molecule has 1 aliphatic heterocycles. The van der Waals surface area contributed by atoms with Crippen molar-refractivity contribution in [1.29, 1.82) is 5.26 Å². The first-order chi connectivity index (χ1) is 24.7. The molecule has 4 rings (SSSR count). The van der Waals surface area contributed by atoms with Gasteiger partial charge in [0.2, 0.25) is 5.60 Å². The standard InChI is InChI=1S/C36H49N6O10P/c1-20(2)32(43)49-29-27(51-36(18-37,30(29)50-33(44)21(3)4)28-16-15-26-31(38)39-19-40-42(26)28)17-47-53(46,41-23(7)34(45)48-22(5)6)52-25-13-11-24(12-14-25)35(8,9)10/h11-16,19-23,27,29-30H,17H2,1-10H3,(H,41,46)(H2,38,39,40)/t23-,27+,29+,30+,36-,53?/m0/s1. The Labute approximate surface area is 309 Å². The van der Waals surface area contributed by atoms with Crippen LogP contribution in [0.25, 0.3) is 5.52 Å². The molecular weight excluding hydrogens is 707 g/mol. The number of carbonyl (C=O) groups excluding carboxylic acids is 3. The number of nitriles is 1. The van der Waals surface area contributed by atoms with Gasteiger partial charge in [0.05, 0.1) is 30.2 Å². The van der Waals surface area contributed by atoms with E-state index in [0.717, 1.165) is 5.56 Å². The number of nitrogens with one attached hydrogen (secondary N) is 1. The lowest BCUT2D eigenvalue weighted by Gasteiger charge is -2.29. The van der Waals surface area contributed by atoms with Gasteiger partial charge in [0, 0.05) is 0 Å². The summed E-state index contributed by atoms with van der Waals surface area (Å²) in [6.07, 6.45) is -3.73. The van der Waals surface area contributed by atoms with Gasteiger partial charge in [0.1, 0.15) is 35.8 Å². The smallest absolute Gasteiger partial charge is 0.459 e. The number of anilines is 1. The molecule has 0 bridgehead atoms. The van der Waals surface area contributed by atoms with E-state index < -0.39 is 80.2 Å². The maximum absolute atomic E-state index is 14.6. The molecule has 2 aromatic heterocycles. The van der Waals surface area contributed by atoms with Crippen molar-refractivity contribution in [3.05, 3.63) is 54.0 Å². The quantitative estimate of drug-likeness (QED) is 0.126. The summed E-state index contributed by atoms with van der Waals surface area (Å²) < 4.78 is 51.3. The fraction of sp³-hybridized carbons (Fsp3) is 0.556. The van der Waals surface area contributed by atoms with E-state index in [1.807, 2.05) is 32.9 Å². The number of hydrogen-bond acceptors (Lipinski definition) is 14. The van der Waals surface area contributed by atoms with Crippen LogP contribution < -0.4 is 15.3 Å². The average molecular weight is 757 g/mol. The third kappa shape index (κ3) is 9.34. The van der Waals surface area contributed by atoms with Gasteiger partial charge in [-0.25, -0.2) is 14.1 Å². The number of rotatable bonds is 14. The molecule has 0 spiro atoms. The fourth-order valence-electron chi connectivity index (χ4n) is 5.37. The van der Waals surface area contributed by atoms with Crippen molar-refractivity contribution in [3.8, 4) is 11.8 Å². The average Bonchev–Trinajstić information content (AvgIpc) is 3.64. The van der Waals surface area contributed by atoms with E-state index in [0.29, 0.717) is 5.52 Å². The number of esters is 3. The van der Waals surface area contributed by atoms with Gasteiger partial charge in [0.15, 0.2) is 18.0 Å². The largest absolute Gasteiger partial charge is 0.462 e. The minimum absolute atomic E-state index is 0.0836. The number of nitrogens with two attached hydrogens (primary N) is 1. The van der Waals surface area contributed by atoms with Crippen LogP contribution in [0.4, 0.5) is 5.82 Å². The molecule has 0 amide bonds. The second kappa shape index (κ2) is 16.2. The van der Waals surface area contributed by atoms with Crippen LogP contribution in [0.15, 0.2) is 42.7 Å². The van der Waals surface area contributed by atoms with Crippen molar-refractivity contribution in [2.45, 2.75) is 111 Å². The van der Waals surface area contributed by atoms with Crippen molar-refractivity contribution in [2.24, 2.45) is 11.8 Å². The molecule has 3 N–H and O–H groups in total. The van der Waals surface area contributed by atoms with Gasteiger partial charge in [0.25, 0.3) is 0 Å². The van der Waals surface area contributed by atoms with Crippen LogP contribution in [0.3, 0.4) is 0 Å². The number of aromatic nitrogens is 3. The lowest BCUT2D eigenvalue weighted by Crippen LogP contribution is -2.47. The molecule has 1 fully saturated rings. The molecule has 0 saturated carbocycles. The van der Waals surface area contributed by atoms with E-state index in [2.05, 4.69) is 21.2 Å². The number of hydrogen-bond donors (Lipinski definition) is 2. The molecule has 1 saturated heterocycles. The Morgan fingerprint density at radius 3 is 2.19 bits per heavy atom. The van der Waals surface area contributed by atoms with E-state index in [-0.39, 0.29) is 22.7 Å². The van der Waals surface area contributed by atoms with Gasteiger partial charge in [-0.05, 0) is 56.0 Å². The number of fused-ring (bicyclic) bond motifs is 1. The van der Waals surface area contributed by atoms with Gasteiger partial charge in [-0.2, -0.15) is 15.4 Å². The third-order valence-electron chi connectivity index (χ3n) is 8.28. The molecule has 1 aliphatic rings. The highest BCUT2D eigenvalue weighted by Crippen LogP contribution is 2.49. The van der Waals surface area contributed by atoms with Crippen molar-refractivity contribution in [2.75, 3.05) is 12.3 Å². The summed E-state index contributed by atoms with van der Waals surface area (Å²) in [4.78, 5) is 43.2. The lowest BCUT2D eigenvalue weighted by molar-refractivity contribution is -0.173. The second-order valence-corrected chi connectivity index (χ2v) is 16.4. The molecule has 3 aromatic rings. The summed E-state index contributed by atoms with van der Waals surface area (Å²) in [6, 6.07) is 10.9. The number of ether oxygens (including phenoxy) is 4. The Balaban J connectivity index is 1.79. The monoisotopic (exact) mass is 756 g/mol. The molecule has 0 radical (unpaired) electrons. The van der Waals surface area contributed by atoms with Crippen LogP contribution in [-0.4, -0.2) is 69.6 Å². The topological polar surface area (TPSA) is 216 Å². The summed E-state index contributed by atoms with van der Waals surface area (Å²) in [6.45, 7) is 16.6. The molecular formula is C36H49N6O10P. The van der Waals surface area contributed by atoms with Gasteiger partial charge < -0.3 is 29.2 Å². The van der Waals surface area contributed by atoms with Crippen LogP contribution in [0.1, 0.15) is 80.5 Å². The van der Waals surface area contributed by atoms with Gasteiger partial charge in [-0.15, -0.1) is 0 Å². The number of nitrogens with zero attached hydrogens (tertiary/aromatic N) is 4. The first kappa shape index (κ1) is 41.2. The Bertz CT molecular complexity index is 1880. The summed E-state index contributed by atoms with van der Waals surface area (Å²) in [7, 11) is -4.51. The lowest BCUT2D eigenvalue weighted by atomic mass is 9.87. The molecule has 17 heteroatoms. The van der Waals surface area contributed by atoms with Crippen LogP contribution in [-0.2, 0) is 53.4 Å². The number of carbonyl (C=O) groups is 3. The maximum atomic E-state index is 14.6. The highest BCUT2D eigenvalue weighted by Gasteiger charge is 2.63. The first-order valence-electron chi connectivity index (χ1n) is 17.3. The highest BCUT2D eigenvalue weighted by molar-refractivity contribution is 7.52. The van der Waals surface area contributed by atoms with Crippen molar-refractivity contribution >= 4 is 37.0 Å². The van der Waals surface area contributed by atoms with E-state index in [9.17, 15) is 24.2 Å². The van der Waals surface area contributed by atoms with E-state index in [1.54, 1.807) is 59.7 Å². The minimum atomic E-state index is -4.51. The Morgan fingerprint density at radius 1 is 1.00 bits per heavy atom. The van der Waals surface area contributed by atoms with Crippen LogP contribution in [0.5, 0.6) is 5.75 Å². The van der Waals surface area contributed by atoms with E-state index in [1.165, 1.54) is 23.8 Å². The molecule has 288 valence electrons. The summed E-state index contributed by atoms with van der Waals surface area (Å²) in [5.41, 5.74) is 5.13. The van der Waals surface area contributed by atoms with Gasteiger partial charge >= 0.3 is 25.7 Å². The molecule has 3 heterocycles. The normalized spacial score (nSPS) is 22.0. The Kier molecular flexibility index (Phi) is 12.6. The molecule has 0 aliphatic carbocycles. The summed E-state index contributed by atoms with van der Waals surface area (Å²) in [5, 5.41) is 17.8. The van der Waals surface area contributed by atoms with Crippen LogP contribution in [0, 0.1) is 23.2 Å². The van der Waals surface area contributed by atoms with Crippen LogP contribution >= 0.6 is 7.75 Å². The molecule has 1 unspecified atom stereocenters. The Morgan fingerprint density at radius 2 is 1.62 bits per heavy atom. The molecule has 1 aromatic carbocycles. The van der Waals surface area contributed by atoms with Gasteiger partial charge in [-0.3, -0.25) is 18.9 Å². The predicted octanol–water partition coefficient (Wildman–Crippen LogP) is 5.00. The van der Waals surface area contributed by atoms with Crippen molar-refractivity contribution in [3.63, 3.8) is 0 Å². The zero-order chi connectivity index (χ0) is 39.5. The third-order valence-corrected chi connectivity index (χ3v) is 9.92. The molecule has 53 heavy (non-hydrogen) atoms. The molecule has 16 nitrogen and oxygen atoms in total. The number of benzene rings is 1. The minimum Gasteiger partial charge on any atom is -0.462 e. The summed E-state index contributed by atoms with van der Waals surface area (Å²) in [5.74, 6) is -3.18.